The number of rotatable bonds is 9. The summed E-state index contributed by atoms with van der Waals surface area (Å²) in [7, 11) is 1.56. The van der Waals surface area contributed by atoms with Crippen LogP contribution in [0.2, 0.25) is 0 Å². The summed E-state index contributed by atoms with van der Waals surface area (Å²) in [5.41, 5.74) is -1.47. The van der Waals surface area contributed by atoms with Crippen molar-refractivity contribution in [2.75, 3.05) is 40.1 Å². The van der Waals surface area contributed by atoms with Crippen molar-refractivity contribution in [3.8, 4) is 11.5 Å². The predicted molar refractivity (Wildman–Crippen MR) is 159 cm³/mol. The Hall–Kier alpha value is -2.86. The number of amides is 1. The monoisotopic (exact) mass is 614 g/mol. The highest BCUT2D eigenvalue weighted by Crippen LogP contribution is 2.55. The molecule has 3 N–H and O–H groups in total. The number of aliphatic hydroxyl groups excluding tert-OH is 1. The lowest BCUT2D eigenvalue weighted by atomic mass is 9.77. The van der Waals surface area contributed by atoms with Crippen LogP contribution >= 0.6 is 0 Å². The van der Waals surface area contributed by atoms with Crippen molar-refractivity contribution in [3.05, 3.63) is 35.1 Å². The van der Waals surface area contributed by atoms with Crippen molar-refractivity contribution in [1.82, 2.24) is 9.80 Å². The molecule has 1 amide bonds. The maximum absolute atomic E-state index is 14.2. The Morgan fingerprint density at radius 2 is 1.86 bits per heavy atom. The summed E-state index contributed by atoms with van der Waals surface area (Å²) in [6.07, 6.45) is 4.63. The largest absolute Gasteiger partial charge is 0.497 e. The molecule has 0 saturated carbocycles. The molecule has 5 unspecified atom stereocenters. The van der Waals surface area contributed by atoms with E-state index < -0.39 is 47.2 Å². The molecule has 1 aliphatic carbocycles. The van der Waals surface area contributed by atoms with Crippen molar-refractivity contribution in [2.45, 2.75) is 107 Å². The summed E-state index contributed by atoms with van der Waals surface area (Å²) in [5, 5.41) is 32.4. The molecule has 2 saturated heterocycles. The molecule has 0 aromatic heterocycles. The normalized spacial score (nSPS) is 29.2. The third-order valence-corrected chi connectivity index (χ3v) is 10.2. The topological polar surface area (TPSA) is 138 Å². The molecule has 1 aromatic rings. The van der Waals surface area contributed by atoms with Crippen molar-refractivity contribution in [1.29, 1.82) is 0 Å². The van der Waals surface area contributed by atoms with Gasteiger partial charge in [-0.05, 0) is 101 Å². The second kappa shape index (κ2) is 11.8. The van der Waals surface area contributed by atoms with E-state index >= 15 is 0 Å². The Morgan fingerprint density at radius 3 is 2.59 bits per heavy atom. The van der Waals surface area contributed by atoms with E-state index in [4.69, 9.17) is 18.9 Å². The molecule has 242 valence electrons. The number of nitrogens with zero attached hydrogens (tertiary/aromatic N) is 2. The summed E-state index contributed by atoms with van der Waals surface area (Å²) < 4.78 is 23.6. The first-order chi connectivity index (χ1) is 20.9. The Kier molecular flexibility index (Phi) is 8.36. The number of esters is 1. The molecule has 4 heterocycles. The van der Waals surface area contributed by atoms with Gasteiger partial charge in [-0.1, -0.05) is 0 Å². The first-order valence-electron chi connectivity index (χ1n) is 16.0. The minimum absolute atomic E-state index is 0.0616. The van der Waals surface area contributed by atoms with E-state index in [0.717, 1.165) is 43.5 Å². The summed E-state index contributed by atoms with van der Waals surface area (Å²) in [4.78, 5) is 31.5. The standard InChI is InChI=1S/C33H46N2O9/c1-31(2,39)9-5-11-33(40,18-27(37)34-12-4-7-22(36)19-34)30(38)44-29-26(41-3)17-32-10-6-13-35(32)14-8-21-15-24-25(43-20-42-24)16-23(21)28(29)32/h15-17,22,28-29,36,39-40H,4-14,18-20H2,1-3H3. The number of benzene rings is 1. The SMILES string of the molecule is COC1=CC23CCCN2CCc2cc4c(cc2C3C1OC(=O)C(O)(CCCC(C)(C)O)CC(=O)N1CCCC(O)C1)OCO4. The van der Waals surface area contributed by atoms with E-state index in [0.29, 0.717) is 49.5 Å². The van der Waals surface area contributed by atoms with Gasteiger partial charge in [-0.2, -0.15) is 0 Å². The number of ether oxygens (including phenoxy) is 4. The van der Waals surface area contributed by atoms with Crippen LogP contribution in [0.25, 0.3) is 0 Å². The Morgan fingerprint density at radius 1 is 1.09 bits per heavy atom. The molecule has 5 atom stereocenters. The van der Waals surface area contributed by atoms with E-state index in [1.165, 1.54) is 4.90 Å². The van der Waals surface area contributed by atoms with E-state index in [9.17, 15) is 24.9 Å². The number of hydrogen-bond acceptors (Lipinski definition) is 10. The molecule has 2 fully saturated rings. The molecule has 1 aromatic carbocycles. The van der Waals surface area contributed by atoms with Crippen LogP contribution in [0.1, 0.15) is 82.3 Å². The molecule has 0 radical (unpaired) electrons. The second-order valence-electron chi connectivity index (χ2n) is 13.8. The lowest BCUT2D eigenvalue weighted by Gasteiger charge is -2.40. The lowest BCUT2D eigenvalue weighted by molar-refractivity contribution is -0.177. The second-order valence-corrected chi connectivity index (χ2v) is 13.8. The van der Waals surface area contributed by atoms with E-state index in [1.807, 2.05) is 12.1 Å². The van der Waals surface area contributed by atoms with E-state index in [2.05, 4.69) is 11.0 Å². The number of piperidine rings is 1. The van der Waals surface area contributed by atoms with Gasteiger partial charge >= 0.3 is 5.97 Å². The zero-order valence-electron chi connectivity index (χ0n) is 26.0. The van der Waals surface area contributed by atoms with Crippen molar-refractivity contribution in [3.63, 3.8) is 0 Å². The van der Waals surface area contributed by atoms with E-state index in [-0.39, 0.29) is 25.7 Å². The fraction of sp³-hybridized carbons (Fsp3) is 0.697. The quantitative estimate of drug-likeness (QED) is 0.356. The van der Waals surface area contributed by atoms with Gasteiger partial charge in [0, 0.05) is 19.6 Å². The summed E-state index contributed by atoms with van der Waals surface area (Å²) in [6, 6.07) is 4.02. The van der Waals surface area contributed by atoms with Crippen LogP contribution in [0, 0.1) is 0 Å². The first kappa shape index (κ1) is 31.1. The van der Waals surface area contributed by atoms with Crippen LogP contribution in [0.5, 0.6) is 11.5 Å². The van der Waals surface area contributed by atoms with Gasteiger partial charge < -0.3 is 39.2 Å². The maximum atomic E-state index is 14.2. The number of methoxy groups -OCH3 is 1. The van der Waals surface area contributed by atoms with Crippen LogP contribution in [0.3, 0.4) is 0 Å². The van der Waals surface area contributed by atoms with Crippen LogP contribution in [0.4, 0.5) is 0 Å². The molecule has 44 heavy (non-hydrogen) atoms. The van der Waals surface area contributed by atoms with Crippen molar-refractivity contribution in [2.24, 2.45) is 0 Å². The minimum Gasteiger partial charge on any atom is -0.497 e. The number of fused-ring (bicyclic) bond motifs is 3. The molecule has 11 heteroatoms. The zero-order chi connectivity index (χ0) is 31.3. The van der Waals surface area contributed by atoms with Gasteiger partial charge in [0.1, 0.15) is 5.76 Å². The third kappa shape index (κ3) is 5.79. The van der Waals surface area contributed by atoms with Gasteiger partial charge in [-0.3, -0.25) is 9.69 Å². The maximum Gasteiger partial charge on any atom is 0.339 e. The fourth-order valence-corrected chi connectivity index (χ4v) is 7.94. The highest BCUT2D eigenvalue weighted by molar-refractivity contribution is 5.88. The fourth-order valence-electron chi connectivity index (χ4n) is 7.94. The molecule has 5 aliphatic rings. The van der Waals surface area contributed by atoms with Crippen molar-refractivity contribution < 1.29 is 43.9 Å². The third-order valence-electron chi connectivity index (χ3n) is 10.2. The first-order valence-corrected chi connectivity index (χ1v) is 16.0. The van der Waals surface area contributed by atoms with Crippen LogP contribution in [-0.2, 0) is 25.5 Å². The number of carbonyl (C=O) groups excluding carboxylic acids is 2. The highest BCUT2D eigenvalue weighted by atomic mass is 16.7. The van der Waals surface area contributed by atoms with E-state index in [1.54, 1.807) is 21.0 Å². The average molecular weight is 615 g/mol. The Labute approximate surface area is 258 Å². The van der Waals surface area contributed by atoms with Gasteiger partial charge in [0.25, 0.3) is 0 Å². The average Bonchev–Trinajstić information content (AvgIpc) is 3.66. The number of β-amino-alcohol motifs (C(OH)–C–C–N with tert-alkyl or cyclic N) is 1. The van der Waals surface area contributed by atoms with Crippen LogP contribution in [0.15, 0.2) is 24.0 Å². The van der Waals surface area contributed by atoms with Crippen molar-refractivity contribution >= 4 is 11.9 Å². The number of hydrogen-bond donors (Lipinski definition) is 3. The molecule has 11 nitrogen and oxygen atoms in total. The summed E-state index contributed by atoms with van der Waals surface area (Å²) in [6.45, 7) is 5.84. The smallest absolute Gasteiger partial charge is 0.339 e. The van der Waals surface area contributed by atoms with Gasteiger partial charge in [0.2, 0.25) is 12.7 Å². The molecular formula is C33H46N2O9. The van der Waals surface area contributed by atoms with Gasteiger partial charge in [-0.15, -0.1) is 0 Å². The molecule has 4 aliphatic heterocycles. The minimum atomic E-state index is -2.13. The van der Waals surface area contributed by atoms with Gasteiger partial charge in [-0.25, -0.2) is 4.79 Å². The summed E-state index contributed by atoms with van der Waals surface area (Å²) >= 11 is 0. The predicted octanol–water partition coefficient (Wildman–Crippen LogP) is 2.39. The molecule has 0 bridgehead atoms. The van der Waals surface area contributed by atoms with Crippen LogP contribution in [-0.4, -0.2) is 106 Å². The molecular weight excluding hydrogens is 568 g/mol. The highest BCUT2D eigenvalue weighted by Gasteiger charge is 2.59. The number of likely N-dealkylation sites (tertiary alicyclic amines) is 1. The Balaban J connectivity index is 1.32. The van der Waals surface area contributed by atoms with Gasteiger partial charge in [0.15, 0.2) is 23.2 Å². The lowest BCUT2D eigenvalue weighted by Crippen LogP contribution is -2.51. The molecule has 1 spiro atoms. The Bertz CT molecular complexity index is 1310. The number of aliphatic hydroxyl groups is 3. The van der Waals surface area contributed by atoms with Crippen LogP contribution < -0.4 is 9.47 Å². The van der Waals surface area contributed by atoms with Gasteiger partial charge in [0.05, 0.1) is 36.7 Å². The zero-order valence-corrected chi connectivity index (χ0v) is 26.0. The summed E-state index contributed by atoms with van der Waals surface area (Å²) in [5.74, 6) is 0.258. The number of carbonyl (C=O) groups is 2. The molecule has 6 rings (SSSR count).